The normalized spacial score (nSPS) is 34.1. The topological polar surface area (TPSA) is 116 Å². The Hall–Kier alpha value is -3.03. The van der Waals surface area contributed by atoms with Crippen LogP contribution in [0.4, 0.5) is 10.1 Å². The van der Waals surface area contributed by atoms with E-state index in [9.17, 15) is 18.2 Å². The van der Waals surface area contributed by atoms with E-state index in [1.54, 1.807) is 25.3 Å². The molecule has 2 bridgehead atoms. The Morgan fingerprint density at radius 2 is 2.08 bits per heavy atom. The zero-order valence-corrected chi connectivity index (χ0v) is 31.5. The van der Waals surface area contributed by atoms with Gasteiger partial charge in [0.1, 0.15) is 28.4 Å². The van der Waals surface area contributed by atoms with Gasteiger partial charge in [0.25, 0.3) is 11.8 Å². The molecule has 2 aromatic carbocycles. The van der Waals surface area contributed by atoms with Crippen LogP contribution in [0.25, 0.3) is 0 Å². The molecule has 0 radical (unpaired) electrons. The molecule has 7 rings (SSSR count). The third-order valence-corrected chi connectivity index (χ3v) is 13.7. The smallest absolute Gasteiger partial charge is 0.286 e. The van der Waals surface area contributed by atoms with E-state index in [1.165, 1.54) is 11.1 Å². The molecule has 1 unspecified atom stereocenters. The highest BCUT2D eigenvalue weighted by atomic mass is 35.5. The Kier molecular flexibility index (Phi) is 11.3. The molecular weight excluding hydrogens is 709 g/mol. The van der Waals surface area contributed by atoms with Crippen molar-refractivity contribution in [1.82, 2.24) is 4.72 Å². The summed E-state index contributed by atoms with van der Waals surface area (Å²) in [5, 5.41) is 0.726. The highest BCUT2D eigenvalue weighted by Gasteiger charge is 2.44. The van der Waals surface area contributed by atoms with Crippen LogP contribution in [0.15, 0.2) is 52.9 Å². The molecule has 0 aromatic heterocycles. The fraction of sp³-hybridized carbons (Fsp3) is 0.590. The van der Waals surface area contributed by atoms with Crippen molar-refractivity contribution >= 4 is 39.0 Å². The number of alkyl halides is 1. The summed E-state index contributed by atoms with van der Waals surface area (Å²) in [4.78, 5) is 29.4. The molecule has 1 N–H and O–H groups in total. The van der Waals surface area contributed by atoms with Crippen molar-refractivity contribution in [1.29, 1.82) is 0 Å². The number of amides is 2. The van der Waals surface area contributed by atoms with Crippen LogP contribution in [0, 0.1) is 17.8 Å². The van der Waals surface area contributed by atoms with Crippen LogP contribution in [0.1, 0.15) is 66.9 Å². The molecule has 13 heteroatoms. The SMILES string of the molecule is CO[C@H]1/C=C/C[C@H](C)CS(=O)(NC(=O)CO[C@H]2CCOC[C@H]2F)=NC(=O)c2ccc3c(c2)N(C[C@@H]2CC[C@H]21)C[C@@]1(CCCc2cc(Cl)ccc21)CO3. The van der Waals surface area contributed by atoms with Crippen LogP contribution in [-0.2, 0) is 40.8 Å². The molecule has 2 amide bonds. The number of aryl methyl sites for hydroxylation is 1. The van der Waals surface area contributed by atoms with Crippen LogP contribution in [0.2, 0.25) is 5.02 Å². The van der Waals surface area contributed by atoms with Gasteiger partial charge < -0.3 is 23.8 Å². The van der Waals surface area contributed by atoms with Crippen molar-refractivity contribution in [3.05, 3.63) is 70.3 Å². The van der Waals surface area contributed by atoms with Crippen molar-refractivity contribution in [2.75, 3.05) is 57.3 Å². The van der Waals surface area contributed by atoms with E-state index >= 15 is 0 Å². The van der Waals surface area contributed by atoms with E-state index in [-0.39, 0.29) is 35.4 Å². The average molecular weight is 758 g/mol. The largest absolute Gasteiger partial charge is 0.490 e. The van der Waals surface area contributed by atoms with Crippen LogP contribution < -0.4 is 14.4 Å². The Labute approximate surface area is 311 Å². The van der Waals surface area contributed by atoms with Crippen molar-refractivity contribution < 1.29 is 37.1 Å². The third kappa shape index (κ3) is 8.06. The number of anilines is 1. The van der Waals surface area contributed by atoms with Crippen LogP contribution >= 0.6 is 11.6 Å². The number of benzene rings is 2. The second kappa shape index (κ2) is 15.8. The molecule has 1 saturated carbocycles. The lowest BCUT2D eigenvalue weighted by Crippen LogP contribution is -2.49. The number of carbonyl (C=O) groups is 2. The Bertz CT molecular complexity index is 1820. The first-order chi connectivity index (χ1) is 25.0. The Balaban J connectivity index is 1.23. The van der Waals surface area contributed by atoms with Gasteiger partial charge in [-0.25, -0.2) is 8.60 Å². The number of carbonyl (C=O) groups excluding carboxylic acids is 2. The third-order valence-electron chi connectivity index (χ3n) is 11.4. The van der Waals surface area contributed by atoms with Crippen LogP contribution in [0.5, 0.6) is 5.75 Å². The van der Waals surface area contributed by atoms with Gasteiger partial charge in [0.05, 0.1) is 36.9 Å². The minimum atomic E-state index is -3.60. The number of allylic oxidation sites excluding steroid dienone is 1. The van der Waals surface area contributed by atoms with Gasteiger partial charge in [-0.3, -0.25) is 14.3 Å². The molecule has 2 aliphatic carbocycles. The zero-order valence-electron chi connectivity index (χ0n) is 29.9. The van der Waals surface area contributed by atoms with Crippen molar-refractivity contribution in [3.63, 3.8) is 0 Å². The lowest BCUT2D eigenvalue weighted by atomic mass is 9.68. The Morgan fingerprint density at radius 3 is 2.87 bits per heavy atom. The van der Waals surface area contributed by atoms with Gasteiger partial charge in [-0.2, -0.15) is 0 Å². The summed E-state index contributed by atoms with van der Waals surface area (Å²) in [5.74, 6) is -0.334. The first kappa shape index (κ1) is 37.3. The number of ether oxygens (including phenoxy) is 4. The van der Waals surface area contributed by atoms with Crippen LogP contribution in [0.3, 0.4) is 0 Å². The maximum Gasteiger partial charge on any atom is 0.286 e. The summed E-state index contributed by atoms with van der Waals surface area (Å²) < 4.78 is 58.7. The van der Waals surface area contributed by atoms with E-state index in [2.05, 4.69) is 32.2 Å². The fourth-order valence-corrected chi connectivity index (χ4v) is 10.7. The van der Waals surface area contributed by atoms with Gasteiger partial charge in [0, 0.05) is 42.8 Å². The standard InChI is InChI=1S/C39H49ClFN3O7S/c1-25-5-3-7-34(48-2)30-11-8-28(30)19-44-23-39(15-4-6-26-17-29(40)10-12-31(26)39)24-51-36-13-9-27(18-33(36)44)38(46)43-52(47,22-25)42-37(45)21-50-35-14-16-49-20-32(35)41/h3,7,9-10,12-13,17-18,25,28,30,32,34-35H,4-6,8,11,14-16,19-24H2,1-2H3,(H,42,43,45,46,47)/b7-3+/t25-,28-,30+,32+,34-,35-,39-,52?/m0/s1. The van der Waals surface area contributed by atoms with Gasteiger partial charge in [-0.15, -0.1) is 4.36 Å². The average Bonchev–Trinajstić information content (AvgIpc) is 3.25. The monoisotopic (exact) mass is 757 g/mol. The van der Waals surface area contributed by atoms with Crippen LogP contribution in [-0.4, -0.2) is 86.8 Å². The highest BCUT2D eigenvalue weighted by Crippen LogP contribution is 2.47. The quantitative estimate of drug-likeness (QED) is 0.357. The first-order valence-corrected chi connectivity index (χ1v) is 20.5. The zero-order chi connectivity index (χ0) is 36.5. The highest BCUT2D eigenvalue weighted by molar-refractivity contribution is 7.92. The number of nitrogens with one attached hydrogen (secondary N) is 1. The summed E-state index contributed by atoms with van der Waals surface area (Å²) in [6, 6.07) is 11.4. The summed E-state index contributed by atoms with van der Waals surface area (Å²) in [6.07, 6.45) is 7.78. The summed E-state index contributed by atoms with van der Waals surface area (Å²) >= 11 is 6.45. The number of hydrogen-bond acceptors (Lipinski definition) is 8. The molecule has 2 fully saturated rings. The molecule has 1 spiro atoms. The number of halogens is 2. The minimum Gasteiger partial charge on any atom is -0.490 e. The second-order valence-electron chi connectivity index (χ2n) is 15.2. The van der Waals surface area contributed by atoms with Crippen molar-refractivity contribution in [3.8, 4) is 5.75 Å². The van der Waals surface area contributed by atoms with Gasteiger partial charge in [0.2, 0.25) is 0 Å². The molecule has 2 aromatic rings. The lowest BCUT2D eigenvalue weighted by Gasteiger charge is -2.46. The van der Waals surface area contributed by atoms with Gasteiger partial charge in [0.15, 0.2) is 0 Å². The number of methoxy groups -OCH3 is 1. The van der Waals surface area contributed by atoms with Gasteiger partial charge >= 0.3 is 0 Å². The van der Waals surface area contributed by atoms with E-state index in [0.717, 1.165) is 49.4 Å². The maximum atomic E-state index is 14.4. The molecule has 3 aliphatic heterocycles. The summed E-state index contributed by atoms with van der Waals surface area (Å²) in [5.41, 5.74) is 3.26. The van der Waals surface area contributed by atoms with Gasteiger partial charge in [-0.1, -0.05) is 36.7 Å². The lowest BCUT2D eigenvalue weighted by molar-refractivity contribution is -0.132. The Morgan fingerprint density at radius 1 is 1.21 bits per heavy atom. The predicted octanol–water partition coefficient (Wildman–Crippen LogP) is 6.23. The molecule has 1 saturated heterocycles. The molecule has 10 nitrogen and oxygen atoms in total. The molecule has 5 aliphatic rings. The predicted molar refractivity (Wildman–Crippen MR) is 198 cm³/mol. The first-order valence-electron chi connectivity index (χ1n) is 18.5. The van der Waals surface area contributed by atoms with Crippen molar-refractivity contribution in [2.24, 2.45) is 22.1 Å². The van der Waals surface area contributed by atoms with E-state index in [4.69, 9.17) is 30.5 Å². The molecule has 8 atom stereocenters. The molecular formula is C39H49ClFN3O7S. The second-order valence-corrected chi connectivity index (χ2v) is 17.7. The number of rotatable bonds is 5. The number of hydrogen-bond donors (Lipinski definition) is 1. The molecule has 3 heterocycles. The fourth-order valence-electron chi connectivity index (χ4n) is 8.63. The molecule has 52 heavy (non-hydrogen) atoms. The van der Waals surface area contributed by atoms with E-state index in [1.807, 2.05) is 19.1 Å². The number of fused-ring (bicyclic) bond motifs is 4. The minimum absolute atomic E-state index is 0.0619. The van der Waals surface area contributed by atoms with E-state index in [0.29, 0.717) is 50.2 Å². The van der Waals surface area contributed by atoms with E-state index < -0.39 is 40.6 Å². The maximum absolute atomic E-state index is 14.4. The summed E-state index contributed by atoms with van der Waals surface area (Å²) in [7, 11) is -1.86. The number of nitrogens with zero attached hydrogens (tertiary/aromatic N) is 2. The molecule has 282 valence electrons. The van der Waals surface area contributed by atoms with Gasteiger partial charge in [-0.05, 0) is 104 Å². The summed E-state index contributed by atoms with van der Waals surface area (Å²) in [6.45, 7) is 3.55. The van der Waals surface area contributed by atoms with Crippen molar-refractivity contribution in [2.45, 2.75) is 75.7 Å².